The molecule has 0 aliphatic rings. The van der Waals surface area contributed by atoms with Crippen molar-refractivity contribution in [1.82, 2.24) is 4.98 Å². The molecule has 2 rings (SSSR count). The highest BCUT2D eigenvalue weighted by atomic mass is 16.1. The molecule has 92 valence electrons. The summed E-state index contributed by atoms with van der Waals surface area (Å²) in [6.45, 7) is 1.99. The lowest BCUT2D eigenvalue weighted by molar-refractivity contribution is -0.118. The number of pyridine rings is 1. The summed E-state index contributed by atoms with van der Waals surface area (Å²) in [4.78, 5) is 15.5. The number of aryl methyl sites for hydroxylation is 1. The van der Waals surface area contributed by atoms with Gasteiger partial charge in [-0.05, 0) is 30.7 Å². The smallest absolute Gasteiger partial charge is 0.244 e. The van der Waals surface area contributed by atoms with Crippen LogP contribution in [-0.2, 0) is 4.79 Å². The summed E-state index contributed by atoms with van der Waals surface area (Å²) >= 11 is 0. The Kier molecular flexibility index (Phi) is 3.57. The van der Waals surface area contributed by atoms with Gasteiger partial charge in [-0.15, -0.1) is 0 Å². The molecule has 4 heteroatoms. The number of carbonyl (C=O) groups excluding carboxylic acids is 1. The summed E-state index contributed by atoms with van der Waals surface area (Å²) in [6.07, 6.45) is 3.30. The number of hydrogen-bond donors (Lipinski definition) is 2. The molecule has 0 spiro atoms. The maximum Gasteiger partial charge on any atom is 0.244 e. The third-order valence-electron chi connectivity index (χ3n) is 2.63. The normalized spacial score (nSPS) is 11.8. The van der Waals surface area contributed by atoms with Crippen LogP contribution >= 0.6 is 0 Å². The molecule has 1 heterocycles. The van der Waals surface area contributed by atoms with Crippen LogP contribution in [0.3, 0.4) is 0 Å². The van der Waals surface area contributed by atoms with Gasteiger partial charge in [-0.2, -0.15) is 0 Å². The van der Waals surface area contributed by atoms with Gasteiger partial charge in [-0.25, -0.2) is 0 Å². The zero-order valence-corrected chi connectivity index (χ0v) is 10.1. The average molecular weight is 241 g/mol. The molecule has 1 unspecified atom stereocenters. The van der Waals surface area contributed by atoms with E-state index in [-0.39, 0.29) is 0 Å². The maximum absolute atomic E-state index is 11.5. The number of nitrogens with zero attached hydrogens (tertiary/aromatic N) is 1. The first-order chi connectivity index (χ1) is 8.66. The van der Waals surface area contributed by atoms with E-state index in [2.05, 4.69) is 10.3 Å². The number of anilines is 1. The second kappa shape index (κ2) is 5.31. The van der Waals surface area contributed by atoms with E-state index >= 15 is 0 Å². The molecule has 0 aliphatic heterocycles. The fourth-order valence-corrected chi connectivity index (χ4v) is 1.77. The topological polar surface area (TPSA) is 68.0 Å². The zero-order valence-electron chi connectivity index (χ0n) is 10.1. The van der Waals surface area contributed by atoms with Gasteiger partial charge in [-0.1, -0.05) is 18.2 Å². The first-order valence-electron chi connectivity index (χ1n) is 5.69. The second-order valence-electron chi connectivity index (χ2n) is 4.14. The van der Waals surface area contributed by atoms with Crippen LogP contribution in [-0.4, -0.2) is 10.9 Å². The maximum atomic E-state index is 11.5. The lowest BCUT2D eigenvalue weighted by Crippen LogP contribution is -2.27. The molecule has 0 aliphatic carbocycles. The van der Waals surface area contributed by atoms with Crippen LogP contribution in [0.4, 0.5) is 5.69 Å². The fourth-order valence-electron chi connectivity index (χ4n) is 1.77. The molecule has 1 aromatic heterocycles. The van der Waals surface area contributed by atoms with Gasteiger partial charge >= 0.3 is 0 Å². The summed E-state index contributed by atoms with van der Waals surface area (Å²) in [5.74, 6) is -0.426. The number of nitrogens with one attached hydrogen (secondary N) is 1. The van der Waals surface area contributed by atoms with E-state index < -0.39 is 11.9 Å². The van der Waals surface area contributed by atoms with Crippen LogP contribution in [0.5, 0.6) is 0 Å². The lowest BCUT2D eigenvalue weighted by atomic mass is 10.1. The van der Waals surface area contributed by atoms with E-state index in [1.807, 2.05) is 37.3 Å². The lowest BCUT2D eigenvalue weighted by Gasteiger charge is -2.17. The van der Waals surface area contributed by atoms with Crippen molar-refractivity contribution < 1.29 is 4.79 Å². The van der Waals surface area contributed by atoms with Gasteiger partial charge in [0.1, 0.15) is 6.04 Å². The highest BCUT2D eigenvalue weighted by Gasteiger charge is 2.17. The monoisotopic (exact) mass is 241 g/mol. The van der Waals surface area contributed by atoms with E-state index in [4.69, 9.17) is 5.73 Å². The average Bonchev–Trinajstić information content (AvgIpc) is 2.37. The predicted octanol–water partition coefficient (Wildman–Crippen LogP) is 2.03. The highest BCUT2D eigenvalue weighted by molar-refractivity contribution is 5.84. The Morgan fingerprint density at radius 2 is 2.17 bits per heavy atom. The fraction of sp³-hybridized carbons (Fsp3) is 0.143. The Labute approximate surface area is 106 Å². The van der Waals surface area contributed by atoms with Gasteiger partial charge in [0.2, 0.25) is 5.91 Å². The Morgan fingerprint density at radius 3 is 2.78 bits per heavy atom. The van der Waals surface area contributed by atoms with Gasteiger partial charge in [0.15, 0.2) is 0 Å². The highest BCUT2D eigenvalue weighted by Crippen LogP contribution is 2.19. The molecule has 0 saturated heterocycles. The molecule has 18 heavy (non-hydrogen) atoms. The molecule has 2 aromatic rings. The molecule has 1 atom stereocenters. The minimum Gasteiger partial charge on any atom is -0.370 e. The van der Waals surface area contributed by atoms with Crippen molar-refractivity contribution in [3.63, 3.8) is 0 Å². The molecule has 4 nitrogen and oxygen atoms in total. The number of benzene rings is 1. The Balaban J connectivity index is 2.25. The predicted molar refractivity (Wildman–Crippen MR) is 71.0 cm³/mol. The molecule has 0 bridgehead atoms. The number of aromatic nitrogens is 1. The molecule has 0 radical (unpaired) electrons. The van der Waals surface area contributed by atoms with Gasteiger partial charge in [-0.3, -0.25) is 9.78 Å². The molecule has 3 N–H and O–H groups in total. The standard InChI is InChI=1S/C14H15N3O/c1-10-4-2-6-12(8-10)17-13(14(15)18)11-5-3-7-16-9-11/h2-9,13,17H,1H3,(H2,15,18). The molecule has 1 amide bonds. The number of carbonyl (C=O) groups is 1. The Morgan fingerprint density at radius 1 is 1.33 bits per heavy atom. The molecule has 1 aromatic carbocycles. The quantitative estimate of drug-likeness (QED) is 0.860. The van der Waals surface area contributed by atoms with Crippen molar-refractivity contribution >= 4 is 11.6 Å². The van der Waals surface area contributed by atoms with E-state index in [1.54, 1.807) is 18.5 Å². The van der Waals surface area contributed by atoms with Crippen LogP contribution in [0, 0.1) is 6.92 Å². The van der Waals surface area contributed by atoms with E-state index in [1.165, 1.54) is 0 Å². The van der Waals surface area contributed by atoms with E-state index in [0.717, 1.165) is 16.8 Å². The summed E-state index contributed by atoms with van der Waals surface area (Å²) in [7, 11) is 0. The minimum atomic E-state index is -0.569. The molecule has 0 saturated carbocycles. The van der Waals surface area contributed by atoms with E-state index in [0.29, 0.717) is 0 Å². The van der Waals surface area contributed by atoms with Crippen LogP contribution in [0.2, 0.25) is 0 Å². The van der Waals surface area contributed by atoms with Gasteiger partial charge < -0.3 is 11.1 Å². The first-order valence-corrected chi connectivity index (χ1v) is 5.69. The third-order valence-corrected chi connectivity index (χ3v) is 2.63. The van der Waals surface area contributed by atoms with Crippen molar-refractivity contribution in [2.75, 3.05) is 5.32 Å². The largest absolute Gasteiger partial charge is 0.370 e. The third kappa shape index (κ3) is 2.85. The van der Waals surface area contributed by atoms with Gasteiger partial charge in [0.25, 0.3) is 0 Å². The SMILES string of the molecule is Cc1cccc(NC(C(N)=O)c2cccnc2)c1. The van der Waals surface area contributed by atoms with Crippen LogP contribution in [0.15, 0.2) is 48.8 Å². The van der Waals surface area contributed by atoms with Crippen molar-refractivity contribution in [2.24, 2.45) is 5.73 Å². The van der Waals surface area contributed by atoms with Gasteiger partial charge in [0, 0.05) is 23.6 Å². The second-order valence-corrected chi connectivity index (χ2v) is 4.14. The van der Waals surface area contributed by atoms with Crippen LogP contribution < -0.4 is 11.1 Å². The van der Waals surface area contributed by atoms with Crippen LogP contribution in [0.1, 0.15) is 17.2 Å². The molecular weight excluding hydrogens is 226 g/mol. The van der Waals surface area contributed by atoms with Crippen molar-refractivity contribution in [3.05, 3.63) is 59.9 Å². The number of hydrogen-bond acceptors (Lipinski definition) is 3. The molecular formula is C14H15N3O. The summed E-state index contributed by atoms with van der Waals surface area (Å²) in [6, 6.07) is 10.8. The van der Waals surface area contributed by atoms with Crippen molar-refractivity contribution in [3.8, 4) is 0 Å². The van der Waals surface area contributed by atoms with Crippen molar-refractivity contribution in [2.45, 2.75) is 13.0 Å². The minimum absolute atomic E-state index is 0.426. The zero-order chi connectivity index (χ0) is 13.0. The Bertz CT molecular complexity index is 540. The van der Waals surface area contributed by atoms with Crippen LogP contribution in [0.25, 0.3) is 0 Å². The Hall–Kier alpha value is -2.36. The summed E-state index contributed by atoms with van der Waals surface area (Å²) in [5, 5.41) is 3.12. The first kappa shape index (κ1) is 12.1. The van der Waals surface area contributed by atoms with Gasteiger partial charge in [0.05, 0.1) is 0 Å². The molecule has 0 fully saturated rings. The summed E-state index contributed by atoms with van der Waals surface area (Å²) in [5.41, 5.74) is 8.16. The number of amides is 1. The summed E-state index contributed by atoms with van der Waals surface area (Å²) < 4.78 is 0. The number of rotatable bonds is 4. The number of primary amides is 1. The number of nitrogens with two attached hydrogens (primary N) is 1. The van der Waals surface area contributed by atoms with E-state index in [9.17, 15) is 4.79 Å². The van der Waals surface area contributed by atoms with Crippen molar-refractivity contribution in [1.29, 1.82) is 0 Å².